The van der Waals surface area contributed by atoms with E-state index in [1.165, 1.54) is 5.57 Å². The Balaban J connectivity index is 2.14. The third-order valence-electron chi connectivity index (χ3n) is 4.96. The molecule has 5 heteroatoms. The van der Waals surface area contributed by atoms with E-state index in [9.17, 15) is 13.2 Å². The molecule has 120 valence electrons. The minimum absolute atomic E-state index is 0.00402. The monoisotopic (exact) mass is 313 g/mol. The number of carbonyl (C=O) groups is 1. The first-order chi connectivity index (χ1) is 9.60. The second kappa shape index (κ2) is 5.41. The molecule has 2 fully saturated rings. The van der Waals surface area contributed by atoms with Gasteiger partial charge in [0.15, 0.2) is 9.84 Å². The number of rotatable bonds is 4. The van der Waals surface area contributed by atoms with E-state index in [0.29, 0.717) is 13.0 Å². The third-order valence-corrected chi connectivity index (χ3v) is 6.71. The molecule has 1 heterocycles. The van der Waals surface area contributed by atoms with Crippen LogP contribution in [0.3, 0.4) is 0 Å². The van der Waals surface area contributed by atoms with E-state index in [4.69, 9.17) is 0 Å². The predicted molar refractivity (Wildman–Crippen MR) is 84.6 cm³/mol. The highest BCUT2D eigenvalue weighted by atomic mass is 32.2. The molecule has 1 saturated carbocycles. The maximum Gasteiger partial charge on any atom is 0.227 e. The number of amides is 1. The van der Waals surface area contributed by atoms with Crippen LogP contribution in [0.4, 0.5) is 0 Å². The Morgan fingerprint density at radius 3 is 2.38 bits per heavy atom. The van der Waals surface area contributed by atoms with Gasteiger partial charge < -0.3 is 4.90 Å². The Hall–Kier alpha value is -0.840. The van der Waals surface area contributed by atoms with Crippen LogP contribution in [0.15, 0.2) is 11.6 Å². The molecule has 3 unspecified atom stereocenters. The van der Waals surface area contributed by atoms with E-state index in [1.54, 1.807) is 4.90 Å². The summed E-state index contributed by atoms with van der Waals surface area (Å²) in [6, 6.07) is -0.128. The summed E-state index contributed by atoms with van der Waals surface area (Å²) >= 11 is 0. The Bertz CT molecular complexity index is 558. The lowest BCUT2D eigenvalue weighted by atomic mass is 10.1. The fraction of sp³-hybridized carbons (Fsp3) is 0.812. The molecular weight excluding hydrogens is 286 g/mol. The summed E-state index contributed by atoms with van der Waals surface area (Å²) < 4.78 is 23.3. The molecule has 0 radical (unpaired) electrons. The average molecular weight is 313 g/mol. The highest BCUT2D eigenvalue weighted by Crippen LogP contribution is 2.60. The van der Waals surface area contributed by atoms with Crippen molar-refractivity contribution < 1.29 is 13.2 Å². The van der Waals surface area contributed by atoms with Crippen molar-refractivity contribution in [1.29, 1.82) is 0 Å². The summed E-state index contributed by atoms with van der Waals surface area (Å²) in [5.41, 5.74) is 1.22. The van der Waals surface area contributed by atoms with Gasteiger partial charge in [0, 0.05) is 12.6 Å². The highest BCUT2D eigenvalue weighted by Gasteiger charge is 2.61. The van der Waals surface area contributed by atoms with Crippen molar-refractivity contribution in [3.8, 4) is 0 Å². The van der Waals surface area contributed by atoms with Gasteiger partial charge in [-0.05, 0) is 38.5 Å². The van der Waals surface area contributed by atoms with E-state index >= 15 is 0 Å². The van der Waals surface area contributed by atoms with Crippen LogP contribution >= 0.6 is 0 Å². The lowest BCUT2D eigenvalue weighted by Crippen LogP contribution is -2.42. The molecule has 2 aliphatic rings. The van der Waals surface area contributed by atoms with Gasteiger partial charge in [0.25, 0.3) is 0 Å². The Morgan fingerprint density at radius 2 is 1.95 bits per heavy atom. The summed E-state index contributed by atoms with van der Waals surface area (Å²) in [4.78, 5) is 14.6. The molecule has 1 aliphatic carbocycles. The van der Waals surface area contributed by atoms with Crippen molar-refractivity contribution in [2.45, 2.75) is 47.1 Å². The molecule has 1 saturated heterocycles. The molecule has 0 aromatic rings. The molecule has 0 spiro atoms. The number of carbonyl (C=O) groups excluding carboxylic acids is 1. The number of hydrogen-bond donors (Lipinski definition) is 0. The lowest BCUT2D eigenvalue weighted by Gasteiger charge is -2.27. The molecule has 2 rings (SSSR count). The van der Waals surface area contributed by atoms with E-state index < -0.39 is 9.84 Å². The number of hydrogen-bond acceptors (Lipinski definition) is 3. The average Bonchev–Trinajstić information content (AvgIpc) is 2.68. The Morgan fingerprint density at radius 1 is 1.33 bits per heavy atom. The van der Waals surface area contributed by atoms with Crippen LogP contribution in [0, 0.1) is 17.3 Å². The van der Waals surface area contributed by atoms with Gasteiger partial charge in [-0.25, -0.2) is 8.42 Å². The fourth-order valence-corrected chi connectivity index (χ4v) is 5.34. The summed E-state index contributed by atoms with van der Waals surface area (Å²) in [7, 11) is -2.96. The summed E-state index contributed by atoms with van der Waals surface area (Å²) in [5, 5.41) is 0. The summed E-state index contributed by atoms with van der Waals surface area (Å²) in [6.45, 7) is 10.9. The topological polar surface area (TPSA) is 54.5 Å². The second-order valence-electron chi connectivity index (χ2n) is 7.25. The summed E-state index contributed by atoms with van der Waals surface area (Å²) in [6.07, 6.45) is 2.77. The van der Waals surface area contributed by atoms with Crippen LogP contribution in [-0.2, 0) is 14.6 Å². The van der Waals surface area contributed by atoms with Crippen molar-refractivity contribution in [2.75, 3.05) is 18.1 Å². The van der Waals surface area contributed by atoms with Crippen molar-refractivity contribution in [3.63, 3.8) is 0 Å². The van der Waals surface area contributed by atoms with E-state index in [-0.39, 0.29) is 40.7 Å². The highest BCUT2D eigenvalue weighted by molar-refractivity contribution is 7.91. The zero-order valence-corrected chi connectivity index (χ0v) is 14.5. The van der Waals surface area contributed by atoms with Gasteiger partial charge in [0.2, 0.25) is 5.91 Å². The van der Waals surface area contributed by atoms with Gasteiger partial charge in [-0.15, -0.1) is 0 Å². The normalized spacial score (nSPS) is 32.5. The number of sulfone groups is 1. The maximum absolute atomic E-state index is 12.8. The van der Waals surface area contributed by atoms with Crippen molar-refractivity contribution in [1.82, 2.24) is 4.90 Å². The fourth-order valence-electron chi connectivity index (χ4n) is 3.61. The van der Waals surface area contributed by atoms with Crippen LogP contribution in [0.25, 0.3) is 0 Å². The van der Waals surface area contributed by atoms with Crippen molar-refractivity contribution in [2.24, 2.45) is 17.3 Å². The van der Waals surface area contributed by atoms with E-state index in [0.717, 1.165) is 0 Å². The Kier molecular flexibility index (Phi) is 4.26. The third kappa shape index (κ3) is 3.17. The minimum atomic E-state index is -2.96. The van der Waals surface area contributed by atoms with Crippen molar-refractivity contribution in [3.05, 3.63) is 11.6 Å². The lowest BCUT2D eigenvalue weighted by molar-refractivity contribution is -0.135. The quantitative estimate of drug-likeness (QED) is 0.748. The molecule has 0 aromatic carbocycles. The van der Waals surface area contributed by atoms with Crippen molar-refractivity contribution >= 4 is 15.7 Å². The molecule has 3 atom stereocenters. The van der Waals surface area contributed by atoms with Crippen LogP contribution in [-0.4, -0.2) is 43.3 Å². The number of nitrogens with zero attached hydrogens (tertiary/aromatic N) is 1. The van der Waals surface area contributed by atoms with Gasteiger partial charge >= 0.3 is 0 Å². The van der Waals surface area contributed by atoms with E-state index in [1.807, 2.05) is 6.92 Å². The van der Waals surface area contributed by atoms with E-state index in [2.05, 4.69) is 33.8 Å². The molecule has 1 aliphatic heterocycles. The first-order valence-electron chi connectivity index (χ1n) is 7.76. The molecule has 0 bridgehead atoms. The Labute approximate surface area is 128 Å². The maximum atomic E-state index is 12.8. The van der Waals surface area contributed by atoms with Crippen LogP contribution in [0.1, 0.15) is 41.0 Å². The molecule has 21 heavy (non-hydrogen) atoms. The molecular formula is C16H27NO3S. The van der Waals surface area contributed by atoms with Crippen LogP contribution in [0.5, 0.6) is 0 Å². The minimum Gasteiger partial charge on any atom is -0.339 e. The summed E-state index contributed by atoms with van der Waals surface area (Å²) in [5.74, 6) is 0.754. The van der Waals surface area contributed by atoms with Crippen LogP contribution < -0.4 is 0 Å². The SMILES string of the molecule is CCN(C(=O)C1C(C=C(C)C)C1(C)C)C1CCS(=O)(=O)C1. The standard InChI is InChI=1S/C16H27NO3S/c1-6-17(12-7-8-21(19,20)10-12)15(18)14-13(9-11(2)3)16(14,4)5/h9,12-14H,6-8,10H2,1-5H3. The van der Waals surface area contributed by atoms with Gasteiger partial charge in [-0.2, -0.15) is 0 Å². The molecule has 0 N–H and O–H groups in total. The zero-order valence-electron chi connectivity index (χ0n) is 13.7. The molecule has 4 nitrogen and oxygen atoms in total. The first kappa shape index (κ1) is 16.5. The number of allylic oxidation sites excluding steroid dienone is 2. The van der Waals surface area contributed by atoms with Gasteiger partial charge in [0.1, 0.15) is 0 Å². The second-order valence-corrected chi connectivity index (χ2v) is 9.48. The molecule has 0 aromatic heterocycles. The predicted octanol–water partition coefficient (Wildman–Crippen LogP) is 2.26. The zero-order chi connectivity index (χ0) is 16.0. The van der Waals surface area contributed by atoms with Gasteiger partial charge in [0.05, 0.1) is 17.4 Å². The van der Waals surface area contributed by atoms with Crippen LogP contribution in [0.2, 0.25) is 0 Å². The largest absolute Gasteiger partial charge is 0.339 e. The van der Waals surface area contributed by atoms with Gasteiger partial charge in [-0.1, -0.05) is 25.5 Å². The smallest absolute Gasteiger partial charge is 0.227 e. The molecule has 1 amide bonds. The first-order valence-corrected chi connectivity index (χ1v) is 9.58. The van der Waals surface area contributed by atoms with Gasteiger partial charge in [-0.3, -0.25) is 4.79 Å².